The van der Waals surface area contributed by atoms with Gasteiger partial charge in [0.2, 0.25) is 0 Å². The molecule has 94 valence electrons. The van der Waals surface area contributed by atoms with Gasteiger partial charge < -0.3 is 10.8 Å². The van der Waals surface area contributed by atoms with Crippen LogP contribution in [0.3, 0.4) is 0 Å². The molecule has 0 aliphatic heterocycles. The number of nitrogens with two attached hydrogens (primary N) is 1. The molecule has 0 aliphatic rings. The molecule has 0 spiro atoms. The van der Waals surface area contributed by atoms with Gasteiger partial charge in [0.1, 0.15) is 0 Å². The summed E-state index contributed by atoms with van der Waals surface area (Å²) in [5.74, 6) is 0. The van der Waals surface area contributed by atoms with Crippen LogP contribution in [-0.2, 0) is 0 Å². The minimum absolute atomic E-state index is 0.128. The fraction of sp³-hybridized carbons (Fsp3) is 0.462. The van der Waals surface area contributed by atoms with E-state index in [4.69, 9.17) is 18.0 Å². The van der Waals surface area contributed by atoms with Crippen molar-refractivity contribution in [3.05, 3.63) is 35.9 Å². The first-order chi connectivity index (χ1) is 8.00. The molecule has 0 heterocycles. The Labute approximate surface area is 108 Å². The highest BCUT2D eigenvalue weighted by molar-refractivity contribution is 7.80. The number of likely N-dealkylation sites (N-methyl/N-ethyl adjacent to an activating group) is 1. The molecule has 0 bridgehead atoms. The maximum absolute atomic E-state index is 9.45. The van der Waals surface area contributed by atoms with E-state index in [-0.39, 0.29) is 12.1 Å². The molecule has 1 rings (SSSR count). The summed E-state index contributed by atoms with van der Waals surface area (Å²) in [5.41, 5.74) is 6.81. The van der Waals surface area contributed by atoms with Gasteiger partial charge in [-0.3, -0.25) is 4.90 Å². The number of hydrogen-bond acceptors (Lipinski definition) is 3. The second kappa shape index (κ2) is 6.69. The molecule has 0 aromatic heterocycles. The van der Waals surface area contributed by atoms with Gasteiger partial charge in [-0.2, -0.15) is 0 Å². The molecule has 0 saturated heterocycles. The summed E-state index contributed by atoms with van der Waals surface area (Å²) in [6.45, 7) is 2.38. The Morgan fingerprint density at radius 1 is 1.41 bits per heavy atom. The number of nitrogens with zero attached hydrogens (tertiary/aromatic N) is 1. The summed E-state index contributed by atoms with van der Waals surface area (Å²) < 4.78 is 0. The largest absolute Gasteiger partial charge is 0.393 e. The molecular weight excluding hydrogens is 232 g/mol. The van der Waals surface area contributed by atoms with Crippen LogP contribution in [0.2, 0.25) is 0 Å². The predicted octanol–water partition coefficient (Wildman–Crippen LogP) is 1.72. The van der Waals surface area contributed by atoms with Gasteiger partial charge in [0, 0.05) is 19.0 Å². The third-order valence-corrected chi connectivity index (χ3v) is 2.83. The summed E-state index contributed by atoms with van der Waals surface area (Å²) in [6, 6.07) is 10.2. The normalized spacial score (nSPS) is 14.6. The molecule has 3 N–H and O–H groups in total. The lowest BCUT2D eigenvalue weighted by Gasteiger charge is -2.29. The zero-order valence-corrected chi connectivity index (χ0v) is 11.2. The lowest BCUT2D eigenvalue weighted by molar-refractivity contribution is 0.118. The molecule has 0 fully saturated rings. The van der Waals surface area contributed by atoms with E-state index in [9.17, 15) is 5.11 Å². The molecule has 3 nitrogen and oxygen atoms in total. The second-order valence-corrected chi connectivity index (χ2v) is 4.91. The molecule has 0 radical (unpaired) electrons. The van der Waals surface area contributed by atoms with Crippen LogP contribution in [0.25, 0.3) is 0 Å². The van der Waals surface area contributed by atoms with Gasteiger partial charge in [-0.1, -0.05) is 42.5 Å². The van der Waals surface area contributed by atoms with E-state index in [0.717, 1.165) is 0 Å². The standard InChI is InChI=1S/C13H20N2OS/c1-10(16)9-15(2)12(8-13(14)17)11-6-4-3-5-7-11/h3-7,10,12,16H,8-9H2,1-2H3,(H2,14,17). The minimum Gasteiger partial charge on any atom is -0.393 e. The summed E-state index contributed by atoms with van der Waals surface area (Å²) in [6.07, 6.45) is 0.264. The molecule has 17 heavy (non-hydrogen) atoms. The van der Waals surface area contributed by atoms with E-state index >= 15 is 0 Å². The van der Waals surface area contributed by atoms with Crippen LogP contribution in [0.15, 0.2) is 30.3 Å². The van der Waals surface area contributed by atoms with E-state index in [1.54, 1.807) is 6.92 Å². The van der Waals surface area contributed by atoms with Crippen molar-refractivity contribution >= 4 is 17.2 Å². The highest BCUT2D eigenvalue weighted by Crippen LogP contribution is 2.23. The van der Waals surface area contributed by atoms with Crippen LogP contribution < -0.4 is 5.73 Å². The van der Waals surface area contributed by atoms with Crippen molar-refractivity contribution in [3.8, 4) is 0 Å². The van der Waals surface area contributed by atoms with Crippen LogP contribution in [0.1, 0.15) is 24.9 Å². The maximum Gasteiger partial charge on any atom is 0.0746 e. The van der Waals surface area contributed by atoms with E-state index in [2.05, 4.69) is 17.0 Å². The SMILES string of the molecule is CC(O)CN(C)C(CC(N)=S)c1ccccc1. The molecule has 1 aromatic rings. The molecule has 0 aliphatic carbocycles. The first-order valence-corrected chi connectivity index (χ1v) is 6.13. The van der Waals surface area contributed by atoms with Crippen LogP contribution in [0, 0.1) is 0 Å². The first kappa shape index (κ1) is 14.1. The third kappa shape index (κ3) is 4.81. The Morgan fingerprint density at radius 3 is 2.47 bits per heavy atom. The average Bonchev–Trinajstić information content (AvgIpc) is 2.25. The maximum atomic E-state index is 9.45. The van der Waals surface area contributed by atoms with Gasteiger partial charge in [-0.05, 0) is 19.5 Å². The Kier molecular flexibility index (Phi) is 5.55. The second-order valence-electron chi connectivity index (χ2n) is 4.39. The molecular formula is C13H20N2OS. The van der Waals surface area contributed by atoms with Crippen molar-refractivity contribution in [1.82, 2.24) is 4.90 Å². The number of hydrogen-bond donors (Lipinski definition) is 2. The highest BCUT2D eigenvalue weighted by atomic mass is 32.1. The van der Waals surface area contributed by atoms with Crippen LogP contribution >= 0.6 is 12.2 Å². The van der Waals surface area contributed by atoms with Crippen LogP contribution in [-0.4, -0.2) is 34.7 Å². The predicted molar refractivity (Wildman–Crippen MR) is 74.9 cm³/mol. The topological polar surface area (TPSA) is 49.5 Å². The van der Waals surface area contributed by atoms with E-state index in [0.29, 0.717) is 18.0 Å². The van der Waals surface area contributed by atoms with Crippen molar-refractivity contribution in [1.29, 1.82) is 0 Å². The summed E-state index contributed by atoms with van der Waals surface area (Å²) in [7, 11) is 1.97. The Hall–Kier alpha value is -0.970. The summed E-state index contributed by atoms with van der Waals surface area (Å²) >= 11 is 4.99. The zero-order valence-electron chi connectivity index (χ0n) is 10.3. The van der Waals surface area contributed by atoms with Crippen molar-refractivity contribution in [3.63, 3.8) is 0 Å². The average molecular weight is 252 g/mol. The number of aliphatic hydroxyl groups excluding tert-OH is 1. The Bertz CT molecular complexity index is 354. The van der Waals surface area contributed by atoms with Crippen molar-refractivity contribution in [2.75, 3.05) is 13.6 Å². The first-order valence-electron chi connectivity index (χ1n) is 5.72. The van der Waals surface area contributed by atoms with E-state index in [1.807, 2.05) is 25.2 Å². The highest BCUT2D eigenvalue weighted by Gasteiger charge is 2.18. The van der Waals surface area contributed by atoms with Crippen molar-refractivity contribution in [2.24, 2.45) is 5.73 Å². The summed E-state index contributed by atoms with van der Waals surface area (Å²) in [5, 5.41) is 9.45. The van der Waals surface area contributed by atoms with Crippen molar-refractivity contribution in [2.45, 2.75) is 25.5 Å². The summed E-state index contributed by atoms with van der Waals surface area (Å²) in [4.78, 5) is 2.58. The Morgan fingerprint density at radius 2 is 2.00 bits per heavy atom. The molecule has 4 heteroatoms. The number of benzene rings is 1. The lowest BCUT2D eigenvalue weighted by atomic mass is 10.0. The van der Waals surface area contributed by atoms with Gasteiger partial charge >= 0.3 is 0 Å². The molecule has 1 aromatic carbocycles. The third-order valence-electron chi connectivity index (χ3n) is 2.66. The lowest BCUT2D eigenvalue weighted by Crippen LogP contribution is -2.33. The fourth-order valence-electron chi connectivity index (χ4n) is 1.94. The Balaban J connectivity index is 2.84. The minimum atomic E-state index is -0.363. The van der Waals surface area contributed by atoms with Gasteiger partial charge in [0.25, 0.3) is 0 Å². The van der Waals surface area contributed by atoms with Gasteiger partial charge in [-0.15, -0.1) is 0 Å². The van der Waals surface area contributed by atoms with Gasteiger partial charge in [-0.25, -0.2) is 0 Å². The number of thiocarbonyl (C=S) groups is 1. The van der Waals surface area contributed by atoms with E-state index < -0.39 is 0 Å². The van der Waals surface area contributed by atoms with Gasteiger partial charge in [0.15, 0.2) is 0 Å². The monoisotopic (exact) mass is 252 g/mol. The molecule has 2 unspecified atom stereocenters. The van der Waals surface area contributed by atoms with Gasteiger partial charge in [0.05, 0.1) is 11.1 Å². The molecule has 0 saturated carbocycles. The fourth-order valence-corrected chi connectivity index (χ4v) is 2.10. The van der Waals surface area contributed by atoms with Crippen LogP contribution in [0.4, 0.5) is 0 Å². The number of aliphatic hydroxyl groups is 1. The molecule has 2 atom stereocenters. The molecule has 0 amide bonds. The van der Waals surface area contributed by atoms with E-state index in [1.165, 1.54) is 5.56 Å². The zero-order chi connectivity index (χ0) is 12.8. The smallest absolute Gasteiger partial charge is 0.0746 e. The quantitative estimate of drug-likeness (QED) is 0.757. The van der Waals surface area contributed by atoms with Crippen LogP contribution in [0.5, 0.6) is 0 Å². The number of rotatable bonds is 6. The van der Waals surface area contributed by atoms with Crippen molar-refractivity contribution < 1.29 is 5.11 Å².